The summed E-state index contributed by atoms with van der Waals surface area (Å²) in [5.41, 5.74) is 1.12. The zero-order valence-electron chi connectivity index (χ0n) is 9.39. The van der Waals surface area contributed by atoms with Gasteiger partial charge in [0.2, 0.25) is 10.0 Å². The normalized spacial score (nSPS) is 13.3. The number of nitrogens with one attached hydrogen (secondary N) is 1. The van der Waals surface area contributed by atoms with Gasteiger partial charge in [0.15, 0.2) is 0 Å². The van der Waals surface area contributed by atoms with Crippen LogP contribution in [0.3, 0.4) is 0 Å². The highest BCUT2D eigenvalue weighted by Gasteiger charge is 2.11. The van der Waals surface area contributed by atoms with Gasteiger partial charge in [-0.3, -0.25) is 0 Å². The van der Waals surface area contributed by atoms with Crippen molar-refractivity contribution < 1.29 is 8.42 Å². The minimum absolute atomic E-state index is 0.147. The third-order valence-electron chi connectivity index (χ3n) is 2.31. The van der Waals surface area contributed by atoms with Crippen LogP contribution in [0.5, 0.6) is 0 Å². The SMILES string of the molecule is C=CCC(CNS(C)(=O)=O)c1ccccc1. The van der Waals surface area contributed by atoms with Crippen molar-refractivity contribution in [3.8, 4) is 0 Å². The molecule has 0 heterocycles. The smallest absolute Gasteiger partial charge is 0.208 e. The lowest BCUT2D eigenvalue weighted by molar-refractivity contribution is 0.576. The Labute approximate surface area is 97.2 Å². The van der Waals surface area contributed by atoms with E-state index in [-0.39, 0.29) is 5.92 Å². The Hall–Kier alpha value is -1.13. The number of allylic oxidation sites excluding steroid dienone is 1. The summed E-state index contributed by atoms with van der Waals surface area (Å²) >= 11 is 0. The zero-order valence-corrected chi connectivity index (χ0v) is 10.2. The molecule has 0 aliphatic heterocycles. The van der Waals surface area contributed by atoms with E-state index in [4.69, 9.17) is 0 Å². The lowest BCUT2D eigenvalue weighted by Crippen LogP contribution is -2.27. The van der Waals surface area contributed by atoms with Crippen LogP contribution < -0.4 is 4.72 Å². The van der Waals surface area contributed by atoms with Crippen molar-refractivity contribution in [1.82, 2.24) is 4.72 Å². The third kappa shape index (κ3) is 4.59. The fourth-order valence-corrected chi connectivity index (χ4v) is 2.02. The predicted molar refractivity (Wildman–Crippen MR) is 66.8 cm³/mol. The monoisotopic (exact) mass is 239 g/mol. The van der Waals surface area contributed by atoms with Crippen LogP contribution in [-0.2, 0) is 10.0 Å². The molecule has 0 amide bonds. The van der Waals surface area contributed by atoms with Crippen molar-refractivity contribution >= 4 is 10.0 Å². The molecule has 16 heavy (non-hydrogen) atoms. The molecule has 0 aliphatic carbocycles. The van der Waals surface area contributed by atoms with Gasteiger partial charge < -0.3 is 0 Å². The zero-order chi connectivity index (χ0) is 12.0. The average Bonchev–Trinajstić information content (AvgIpc) is 2.24. The van der Waals surface area contributed by atoms with Crippen molar-refractivity contribution in [2.75, 3.05) is 12.8 Å². The molecular formula is C12H17NO2S. The summed E-state index contributed by atoms with van der Waals surface area (Å²) in [6.45, 7) is 4.10. The summed E-state index contributed by atoms with van der Waals surface area (Å²) in [7, 11) is -3.13. The van der Waals surface area contributed by atoms with E-state index in [2.05, 4.69) is 11.3 Å². The van der Waals surface area contributed by atoms with Crippen molar-refractivity contribution in [3.63, 3.8) is 0 Å². The molecule has 0 saturated carbocycles. The molecule has 1 atom stereocenters. The van der Waals surface area contributed by atoms with Gasteiger partial charge in [-0.25, -0.2) is 13.1 Å². The first kappa shape index (κ1) is 12.9. The van der Waals surface area contributed by atoms with Gasteiger partial charge in [0, 0.05) is 12.5 Å². The van der Waals surface area contributed by atoms with Gasteiger partial charge in [0.05, 0.1) is 6.26 Å². The Kier molecular flexibility index (Phi) is 4.71. The maximum atomic E-state index is 11.0. The van der Waals surface area contributed by atoms with E-state index in [1.807, 2.05) is 36.4 Å². The summed E-state index contributed by atoms with van der Waals surface area (Å²) < 4.78 is 24.6. The molecular weight excluding hydrogens is 222 g/mol. The Bertz CT molecular complexity index is 426. The molecule has 1 rings (SSSR count). The fourth-order valence-electron chi connectivity index (χ4n) is 1.52. The molecule has 1 aromatic rings. The highest BCUT2D eigenvalue weighted by atomic mass is 32.2. The second kappa shape index (κ2) is 5.82. The standard InChI is InChI=1S/C12H17NO2S/c1-3-7-12(10-13-16(2,14)15)11-8-5-4-6-9-11/h3-6,8-9,12-13H,1,7,10H2,2H3. The van der Waals surface area contributed by atoms with Crippen molar-refractivity contribution in [2.45, 2.75) is 12.3 Å². The molecule has 0 aromatic heterocycles. The third-order valence-corrected chi connectivity index (χ3v) is 3.01. The molecule has 1 aromatic carbocycles. The largest absolute Gasteiger partial charge is 0.215 e. The van der Waals surface area contributed by atoms with E-state index in [1.165, 1.54) is 6.26 Å². The van der Waals surface area contributed by atoms with Crippen molar-refractivity contribution in [2.24, 2.45) is 0 Å². The summed E-state index contributed by atoms with van der Waals surface area (Å²) in [6.07, 6.45) is 3.73. The molecule has 4 heteroatoms. The van der Waals surface area contributed by atoms with Gasteiger partial charge in [-0.2, -0.15) is 0 Å². The van der Waals surface area contributed by atoms with Gasteiger partial charge in [-0.1, -0.05) is 36.4 Å². The molecule has 1 N–H and O–H groups in total. The number of hydrogen-bond donors (Lipinski definition) is 1. The van der Waals surface area contributed by atoms with Crippen LogP contribution in [0.1, 0.15) is 17.9 Å². The molecule has 88 valence electrons. The number of rotatable bonds is 6. The molecule has 0 spiro atoms. The van der Waals surface area contributed by atoms with Crippen LogP contribution in [-0.4, -0.2) is 21.2 Å². The summed E-state index contributed by atoms with van der Waals surface area (Å²) in [5, 5.41) is 0. The maximum Gasteiger partial charge on any atom is 0.208 e. The van der Waals surface area contributed by atoms with Gasteiger partial charge in [-0.15, -0.1) is 6.58 Å². The second-order valence-electron chi connectivity index (χ2n) is 3.75. The second-order valence-corrected chi connectivity index (χ2v) is 5.59. The lowest BCUT2D eigenvalue weighted by atomic mass is 9.96. The van der Waals surface area contributed by atoms with E-state index >= 15 is 0 Å². The van der Waals surface area contributed by atoms with Crippen LogP contribution >= 0.6 is 0 Å². The first-order valence-corrected chi connectivity index (χ1v) is 7.02. The Morgan fingerprint density at radius 2 is 2.00 bits per heavy atom. The van der Waals surface area contributed by atoms with Crippen LogP contribution in [0.25, 0.3) is 0 Å². The lowest BCUT2D eigenvalue weighted by Gasteiger charge is -2.15. The Balaban J connectivity index is 2.72. The van der Waals surface area contributed by atoms with Crippen LogP contribution in [0, 0.1) is 0 Å². The summed E-state index contributed by atoms with van der Waals surface area (Å²) in [4.78, 5) is 0. The molecule has 0 aliphatic rings. The van der Waals surface area contributed by atoms with Gasteiger partial charge in [0.25, 0.3) is 0 Å². The van der Waals surface area contributed by atoms with Crippen LogP contribution in [0.2, 0.25) is 0 Å². The minimum Gasteiger partial charge on any atom is -0.215 e. The predicted octanol–water partition coefficient (Wildman–Crippen LogP) is 1.90. The number of sulfonamides is 1. The first-order chi connectivity index (χ1) is 7.53. The van der Waals surface area contributed by atoms with E-state index in [0.717, 1.165) is 12.0 Å². The summed E-state index contributed by atoms with van der Waals surface area (Å²) in [5.74, 6) is 0.147. The van der Waals surface area contributed by atoms with E-state index in [1.54, 1.807) is 0 Å². The van der Waals surface area contributed by atoms with Crippen LogP contribution in [0.4, 0.5) is 0 Å². The van der Waals surface area contributed by atoms with Gasteiger partial charge in [0.1, 0.15) is 0 Å². The fraction of sp³-hybridized carbons (Fsp3) is 0.333. The van der Waals surface area contributed by atoms with Gasteiger partial charge >= 0.3 is 0 Å². The summed E-state index contributed by atoms with van der Waals surface area (Å²) in [6, 6.07) is 9.84. The van der Waals surface area contributed by atoms with Crippen molar-refractivity contribution in [3.05, 3.63) is 48.6 Å². The quantitative estimate of drug-likeness (QED) is 0.771. The molecule has 0 bridgehead atoms. The first-order valence-electron chi connectivity index (χ1n) is 5.13. The Morgan fingerprint density at radius 1 is 1.38 bits per heavy atom. The van der Waals surface area contributed by atoms with Crippen LogP contribution in [0.15, 0.2) is 43.0 Å². The number of benzene rings is 1. The minimum atomic E-state index is -3.13. The molecule has 0 radical (unpaired) electrons. The van der Waals surface area contributed by atoms with E-state index in [9.17, 15) is 8.42 Å². The van der Waals surface area contributed by atoms with E-state index in [0.29, 0.717) is 6.54 Å². The molecule has 1 unspecified atom stereocenters. The van der Waals surface area contributed by atoms with E-state index < -0.39 is 10.0 Å². The molecule has 0 fully saturated rings. The van der Waals surface area contributed by atoms with Gasteiger partial charge in [-0.05, 0) is 12.0 Å². The molecule has 3 nitrogen and oxygen atoms in total. The Morgan fingerprint density at radius 3 is 2.50 bits per heavy atom. The highest BCUT2D eigenvalue weighted by Crippen LogP contribution is 2.18. The van der Waals surface area contributed by atoms with Crippen molar-refractivity contribution in [1.29, 1.82) is 0 Å². The molecule has 0 saturated heterocycles. The topological polar surface area (TPSA) is 46.2 Å². The average molecular weight is 239 g/mol. The maximum absolute atomic E-state index is 11.0. The highest BCUT2D eigenvalue weighted by molar-refractivity contribution is 7.88. The number of hydrogen-bond acceptors (Lipinski definition) is 2.